The first-order valence-electron chi connectivity index (χ1n) is 6.22. The summed E-state index contributed by atoms with van der Waals surface area (Å²) in [6.45, 7) is 0.546. The van der Waals surface area contributed by atoms with E-state index >= 15 is 0 Å². The first-order chi connectivity index (χ1) is 8.99. The third kappa shape index (κ3) is 1.98. The Balaban J connectivity index is 1.91. The van der Waals surface area contributed by atoms with Gasteiger partial charge in [0.15, 0.2) is 0 Å². The van der Waals surface area contributed by atoms with Gasteiger partial charge in [0.1, 0.15) is 5.75 Å². The highest BCUT2D eigenvalue weighted by atomic mass is 35.5. The highest BCUT2D eigenvalue weighted by Gasteiger charge is 2.45. The van der Waals surface area contributed by atoms with E-state index in [1.54, 1.807) is 17.0 Å². The molecule has 0 saturated carbocycles. The Morgan fingerprint density at radius 3 is 2.74 bits per heavy atom. The number of phenolic OH excluding ortho intramolecular Hbond substituents is 1. The summed E-state index contributed by atoms with van der Waals surface area (Å²) in [5.41, 5.74) is 6.39. The van der Waals surface area contributed by atoms with E-state index in [1.165, 1.54) is 0 Å². The largest absolute Gasteiger partial charge is 0.508 e. The maximum absolute atomic E-state index is 11.9. The minimum Gasteiger partial charge on any atom is -0.508 e. The molecule has 0 bridgehead atoms. The van der Waals surface area contributed by atoms with E-state index in [-0.39, 0.29) is 29.7 Å². The molecule has 4 nitrogen and oxygen atoms in total. The van der Waals surface area contributed by atoms with Crippen LogP contribution in [0.5, 0.6) is 5.75 Å². The Morgan fingerprint density at radius 2 is 2.05 bits per heavy atom. The van der Waals surface area contributed by atoms with E-state index < -0.39 is 0 Å². The summed E-state index contributed by atoms with van der Waals surface area (Å²) in [5, 5.41) is 10.8. The van der Waals surface area contributed by atoms with Gasteiger partial charge in [-0.3, -0.25) is 4.79 Å². The van der Waals surface area contributed by atoms with Gasteiger partial charge in [0.2, 0.25) is 5.91 Å². The molecule has 2 fully saturated rings. The average Bonchev–Trinajstić information content (AvgIpc) is 2.86. The number of benzene rings is 1. The second-order valence-corrected chi connectivity index (χ2v) is 6.00. The van der Waals surface area contributed by atoms with Crippen molar-refractivity contribution < 1.29 is 9.90 Å². The van der Waals surface area contributed by atoms with Gasteiger partial charge in [-0.2, -0.15) is 0 Å². The van der Waals surface area contributed by atoms with Gasteiger partial charge in [0.25, 0.3) is 0 Å². The summed E-state index contributed by atoms with van der Waals surface area (Å²) >= 11 is 12.2. The van der Waals surface area contributed by atoms with E-state index in [1.807, 2.05) is 0 Å². The number of fused-ring (bicyclic) bond motifs is 1. The number of hydrogen-bond donors (Lipinski definition) is 2. The van der Waals surface area contributed by atoms with Crippen molar-refractivity contribution in [3.63, 3.8) is 0 Å². The zero-order chi connectivity index (χ0) is 13.7. The number of aromatic hydroxyl groups is 1. The normalized spacial score (nSPS) is 29.9. The molecular formula is C13H14Cl2N2O2. The zero-order valence-electron chi connectivity index (χ0n) is 10.1. The van der Waals surface area contributed by atoms with Crippen molar-refractivity contribution in [2.45, 2.75) is 30.8 Å². The number of carbonyl (C=O) groups excluding carboxylic acids is 1. The molecule has 6 heteroatoms. The first-order valence-corrected chi connectivity index (χ1v) is 6.97. The third-order valence-electron chi connectivity index (χ3n) is 4.06. The molecule has 1 aromatic carbocycles. The fourth-order valence-electron chi connectivity index (χ4n) is 3.17. The van der Waals surface area contributed by atoms with Gasteiger partial charge in [0, 0.05) is 24.1 Å². The van der Waals surface area contributed by atoms with Crippen molar-refractivity contribution in [3.8, 4) is 5.75 Å². The maximum Gasteiger partial charge on any atom is 0.239 e. The van der Waals surface area contributed by atoms with Crippen LogP contribution in [0.3, 0.4) is 0 Å². The van der Waals surface area contributed by atoms with Crippen LogP contribution in [0.25, 0.3) is 0 Å². The second kappa shape index (κ2) is 4.54. The lowest BCUT2D eigenvalue weighted by Crippen LogP contribution is -2.34. The maximum atomic E-state index is 11.9. The summed E-state index contributed by atoms with van der Waals surface area (Å²) in [4.78, 5) is 13.7. The Morgan fingerprint density at radius 1 is 1.32 bits per heavy atom. The van der Waals surface area contributed by atoms with Crippen LogP contribution >= 0.6 is 23.2 Å². The molecular weight excluding hydrogens is 287 g/mol. The number of nitrogens with zero attached hydrogens (tertiary/aromatic N) is 1. The van der Waals surface area contributed by atoms with Crippen molar-refractivity contribution >= 4 is 29.1 Å². The molecule has 0 spiro atoms. The van der Waals surface area contributed by atoms with Gasteiger partial charge in [-0.15, -0.1) is 0 Å². The van der Waals surface area contributed by atoms with Crippen LogP contribution in [0, 0.1) is 0 Å². The molecule has 0 radical (unpaired) electrons. The summed E-state index contributed by atoms with van der Waals surface area (Å²) in [7, 11) is 0. The highest BCUT2D eigenvalue weighted by Crippen LogP contribution is 2.44. The van der Waals surface area contributed by atoms with Gasteiger partial charge < -0.3 is 15.7 Å². The lowest BCUT2D eigenvalue weighted by molar-refractivity contribution is -0.128. The van der Waals surface area contributed by atoms with E-state index in [9.17, 15) is 9.90 Å². The van der Waals surface area contributed by atoms with Crippen molar-refractivity contribution in [2.24, 2.45) is 5.73 Å². The number of halogens is 2. The smallest absolute Gasteiger partial charge is 0.239 e. The predicted octanol–water partition coefficient (Wildman–Crippen LogP) is 2.11. The molecule has 19 heavy (non-hydrogen) atoms. The van der Waals surface area contributed by atoms with E-state index in [0.29, 0.717) is 28.6 Å². The van der Waals surface area contributed by atoms with Crippen LogP contribution in [0.15, 0.2) is 12.1 Å². The lowest BCUT2D eigenvalue weighted by Gasteiger charge is -2.17. The third-order valence-corrected chi connectivity index (χ3v) is 4.88. The molecule has 2 aliphatic rings. The number of phenols is 1. The number of amides is 1. The molecule has 102 valence electrons. The topological polar surface area (TPSA) is 66.6 Å². The Hall–Kier alpha value is -0.970. The molecule has 2 heterocycles. The number of nitrogens with two attached hydrogens (primary N) is 1. The molecule has 3 N–H and O–H groups in total. The highest BCUT2D eigenvalue weighted by molar-refractivity contribution is 6.42. The van der Waals surface area contributed by atoms with E-state index in [0.717, 1.165) is 6.42 Å². The molecule has 2 aliphatic heterocycles. The summed E-state index contributed by atoms with van der Waals surface area (Å²) < 4.78 is 0. The van der Waals surface area contributed by atoms with Crippen molar-refractivity contribution in [3.05, 3.63) is 27.7 Å². The fraction of sp³-hybridized carbons (Fsp3) is 0.462. The van der Waals surface area contributed by atoms with Gasteiger partial charge in [-0.05, 0) is 25.0 Å². The molecule has 1 unspecified atom stereocenters. The fourth-order valence-corrected chi connectivity index (χ4v) is 3.65. The number of carbonyl (C=O) groups is 1. The Kier molecular flexibility index (Phi) is 3.12. The average molecular weight is 301 g/mol. The Bertz CT molecular complexity index is 550. The van der Waals surface area contributed by atoms with Crippen molar-refractivity contribution in [1.29, 1.82) is 0 Å². The standard InChI is InChI=1S/C13H14Cl2N2O2/c14-8-1-2-10(18)11(12(8)15)6-3-7-4-9(16)13(19)17(7)5-6/h1-2,6-7,9,18H,3-5,16H2/t6-,7-,9?/m0/s1. The molecule has 1 amide bonds. The summed E-state index contributed by atoms with van der Waals surface area (Å²) in [6, 6.07) is 2.89. The second-order valence-electron chi connectivity index (χ2n) is 5.21. The van der Waals surface area contributed by atoms with Crippen molar-refractivity contribution in [2.75, 3.05) is 6.54 Å². The van der Waals surface area contributed by atoms with Crippen molar-refractivity contribution in [1.82, 2.24) is 4.90 Å². The van der Waals surface area contributed by atoms with Gasteiger partial charge in [-0.1, -0.05) is 23.2 Å². The minimum absolute atomic E-state index is 0.00913. The number of rotatable bonds is 1. The van der Waals surface area contributed by atoms with Gasteiger partial charge in [-0.25, -0.2) is 0 Å². The van der Waals surface area contributed by atoms with Crippen LogP contribution in [0.2, 0.25) is 10.0 Å². The predicted molar refractivity (Wildman–Crippen MR) is 73.6 cm³/mol. The van der Waals surface area contributed by atoms with Crippen LogP contribution < -0.4 is 5.73 Å². The monoisotopic (exact) mass is 300 g/mol. The molecule has 3 atom stereocenters. The van der Waals surface area contributed by atoms with Crippen LogP contribution in [0.4, 0.5) is 0 Å². The number of hydrogen-bond acceptors (Lipinski definition) is 3. The van der Waals surface area contributed by atoms with Gasteiger partial charge in [0.05, 0.1) is 16.1 Å². The first kappa shape index (κ1) is 13.0. The lowest BCUT2D eigenvalue weighted by atomic mass is 9.93. The molecule has 3 rings (SSSR count). The quantitative estimate of drug-likeness (QED) is 0.835. The Labute approximate surface area is 121 Å². The molecule has 2 saturated heterocycles. The SMILES string of the molecule is NC1C[C@@H]2C[C@H](c3c(O)ccc(Cl)c3Cl)CN2C1=O. The molecule has 1 aromatic rings. The van der Waals surface area contributed by atoms with E-state index in [2.05, 4.69) is 0 Å². The van der Waals surface area contributed by atoms with Crippen LogP contribution in [-0.2, 0) is 4.79 Å². The minimum atomic E-state index is -0.380. The van der Waals surface area contributed by atoms with E-state index in [4.69, 9.17) is 28.9 Å². The molecule has 0 aromatic heterocycles. The summed E-state index contributed by atoms with van der Waals surface area (Å²) in [6.07, 6.45) is 1.45. The van der Waals surface area contributed by atoms with Crippen LogP contribution in [-0.4, -0.2) is 34.5 Å². The molecule has 0 aliphatic carbocycles. The zero-order valence-corrected chi connectivity index (χ0v) is 11.7. The summed E-state index contributed by atoms with van der Waals surface area (Å²) in [5.74, 6) is 0.148. The van der Waals surface area contributed by atoms with Crippen LogP contribution in [0.1, 0.15) is 24.3 Å². The van der Waals surface area contributed by atoms with Gasteiger partial charge >= 0.3 is 0 Å².